The number of alkyl halides is 3. The third-order valence-electron chi connectivity index (χ3n) is 6.82. The minimum atomic E-state index is -5.02. The van der Waals surface area contributed by atoms with Gasteiger partial charge in [0.1, 0.15) is 5.82 Å². The zero-order valence-electron chi connectivity index (χ0n) is 18.1. The van der Waals surface area contributed by atoms with Crippen molar-refractivity contribution in [3.63, 3.8) is 0 Å². The summed E-state index contributed by atoms with van der Waals surface area (Å²) >= 11 is 0. The van der Waals surface area contributed by atoms with E-state index in [4.69, 9.17) is 4.74 Å². The average molecular weight is 453 g/mol. The summed E-state index contributed by atoms with van der Waals surface area (Å²) in [7, 11) is 1.54. The highest BCUT2D eigenvalue weighted by Crippen LogP contribution is 2.57. The second kappa shape index (κ2) is 7.72. The number of hydrogen-bond donors (Lipinski definition) is 2. The number of amides is 1. The molecule has 2 aromatic rings. The maximum absolute atomic E-state index is 13.1. The molecule has 2 N–H and O–H groups in total. The number of aromatic nitrogens is 4. The number of methoxy groups -OCH3 is 1. The zero-order valence-corrected chi connectivity index (χ0v) is 18.1. The summed E-state index contributed by atoms with van der Waals surface area (Å²) in [6, 6.07) is 3.54. The second-order valence-electron chi connectivity index (χ2n) is 8.95. The summed E-state index contributed by atoms with van der Waals surface area (Å²) in [6.45, 7) is 2.75. The van der Waals surface area contributed by atoms with Crippen LogP contribution in [0.5, 0.6) is 5.88 Å². The van der Waals surface area contributed by atoms with Gasteiger partial charge >= 0.3 is 6.18 Å². The largest absolute Gasteiger partial charge is 0.481 e. The third kappa shape index (κ3) is 3.72. The molecule has 1 aliphatic heterocycles. The standard InChI is InChI=1S/C21H26F3N5O3/c1-12-11-29(18(30)19(2,31)21(22,23)24)9-6-14(12)20(7-8-20)17-26-16(27-28-17)13-4-5-15(32-3)25-10-13/h4-5,10,12,14,31H,6-9,11H2,1-3H3,(H,26,27,28)/t12-,14+,19+/m0/s1. The Hall–Kier alpha value is -2.69. The van der Waals surface area contributed by atoms with Gasteiger partial charge in [-0.05, 0) is 44.1 Å². The number of hydrogen-bond acceptors (Lipinski definition) is 6. The van der Waals surface area contributed by atoms with Crippen LogP contribution in [-0.2, 0) is 10.2 Å². The van der Waals surface area contributed by atoms with Gasteiger partial charge in [-0.1, -0.05) is 6.92 Å². The van der Waals surface area contributed by atoms with Gasteiger partial charge in [0.15, 0.2) is 5.82 Å². The number of aromatic amines is 1. The number of carbonyl (C=O) groups excluding carboxylic acids is 1. The molecule has 4 rings (SSSR count). The van der Waals surface area contributed by atoms with Gasteiger partial charge in [-0.3, -0.25) is 9.89 Å². The number of likely N-dealkylation sites (tertiary alicyclic amines) is 1. The number of H-pyrrole nitrogens is 1. The van der Waals surface area contributed by atoms with Gasteiger partial charge in [0, 0.05) is 36.3 Å². The summed E-state index contributed by atoms with van der Waals surface area (Å²) in [4.78, 5) is 22.4. The molecular weight excluding hydrogens is 427 g/mol. The topological polar surface area (TPSA) is 104 Å². The Morgan fingerprint density at radius 3 is 2.59 bits per heavy atom. The van der Waals surface area contributed by atoms with Crippen LogP contribution in [0.1, 0.15) is 38.9 Å². The smallest absolute Gasteiger partial charge is 0.426 e. The number of nitrogens with zero attached hydrogens (tertiary/aromatic N) is 4. The lowest BCUT2D eigenvalue weighted by atomic mass is 9.74. The van der Waals surface area contributed by atoms with Crippen molar-refractivity contribution in [2.45, 2.75) is 50.3 Å². The van der Waals surface area contributed by atoms with Crippen molar-refractivity contribution in [2.75, 3.05) is 20.2 Å². The van der Waals surface area contributed by atoms with E-state index in [9.17, 15) is 23.1 Å². The summed E-state index contributed by atoms with van der Waals surface area (Å²) in [6.07, 6.45) is -1.07. The zero-order chi connectivity index (χ0) is 23.3. The molecule has 3 heterocycles. The van der Waals surface area contributed by atoms with Crippen LogP contribution in [-0.4, -0.2) is 68.1 Å². The van der Waals surface area contributed by atoms with Gasteiger partial charge in [-0.15, -0.1) is 0 Å². The van der Waals surface area contributed by atoms with E-state index in [1.807, 2.05) is 13.0 Å². The van der Waals surface area contributed by atoms with E-state index in [0.29, 0.717) is 25.0 Å². The molecule has 0 aromatic carbocycles. The number of aliphatic hydroxyl groups is 1. The molecule has 0 radical (unpaired) electrons. The summed E-state index contributed by atoms with van der Waals surface area (Å²) in [5.41, 5.74) is -2.87. The van der Waals surface area contributed by atoms with Crippen molar-refractivity contribution < 1.29 is 27.8 Å². The number of halogens is 3. The lowest BCUT2D eigenvalue weighted by Crippen LogP contribution is -2.59. The molecule has 0 bridgehead atoms. The molecule has 1 saturated heterocycles. The number of carbonyl (C=O) groups is 1. The highest BCUT2D eigenvalue weighted by Gasteiger charge is 2.59. The van der Waals surface area contributed by atoms with Crippen LogP contribution in [0.4, 0.5) is 13.2 Å². The van der Waals surface area contributed by atoms with Crippen molar-refractivity contribution in [3.05, 3.63) is 24.2 Å². The SMILES string of the molecule is COc1ccc(-c2n[nH]c(C3([C@@H]4CCN(C(=O)[C@@](C)(O)C(F)(F)F)C[C@@H]4C)CC3)n2)cn1. The highest BCUT2D eigenvalue weighted by atomic mass is 19.4. The summed E-state index contributed by atoms with van der Waals surface area (Å²) in [5, 5.41) is 17.1. The molecule has 2 aromatic heterocycles. The molecule has 0 unspecified atom stereocenters. The van der Waals surface area contributed by atoms with Gasteiger partial charge in [0.05, 0.1) is 7.11 Å². The van der Waals surface area contributed by atoms with Crippen LogP contribution in [0.25, 0.3) is 11.4 Å². The maximum Gasteiger partial charge on any atom is 0.426 e. The van der Waals surface area contributed by atoms with E-state index < -0.39 is 17.7 Å². The van der Waals surface area contributed by atoms with E-state index in [2.05, 4.69) is 20.2 Å². The van der Waals surface area contributed by atoms with Crippen molar-refractivity contribution >= 4 is 5.91 Å². The fraction of sp³-hybridized carbons (Fsp3) is 0.619. The molecule has 32 heavy (non-hydrogen) atoms. The minimum Gasteiger partial charge on any atom is -0.481 e. The number of ether oxygens (including phenoxy) is 1. The van der Waals surface area contributed by atoms with Crippen LogP contribution in [0.3, 0.4) is 0 Å². The first-order valence-electron chi connectivity index (χ1n) is 10.5. The Morgan fingerprint density at radius 1 is 1.34 bits per heavy atom. The molecule has 174 valence electrons. The number of rotatable bonds is 5. The van der Waals surface area contributed by atoms with Gasteiger partial charge < -0.3 is 14.7 Å². The van der Waals surface area contributed by atoms with E-state index in [1.54, 1.807) is 12.3 Å². The Morgan fingerprint density at radius 2 is 2.06 bits per heavy atom. The monoisotopic (exact) mass is 453 g/mol. The second-order valence-corrected chi connectivity index (χ2v) is 8.95. The first kappa shape index (κ1) is 22.5. The lowest BCUT2D eigenvalue weighted by Gasteiger charge is -2.42. The average Bonchev–Trinajstić information content (AvgIpc) is 3.40. The van der Waals surface area contributed by atoms with Crippen molar-refractivity contribution in [3.8, 4) is 17.3 Å². The quantitative estimate of drug-likeness (QED) is 0.722. The molecular formula is C21H26F3N5O3. The van der Waals surface area contributed by atoms with Gasteiger partial charge in [0.2, 0.25) is 11.5 Å². The normalized spacial score (nSPS) is 24.7. The molecule has 2 fully saturated rings. The molecule has 2 aliphatic rings. The van der Waals surface area contributed by atoms with E-state index in [-0.39, 0.29) is 30.3 Å². The lowest BCUT2D eigenvalue weighted by molar-refractivity contribution is -0.251. The number of pyridine rings is 1. The predicted octanol–water partition coefficient (Wildman–Crippen LogP) is 2.70. The van der Waals surface area contributed by atoms with Crippen LogP contribution in [0, 0.1) is 11.8 Å². The molecule has 1 saturated carbocycles. The highest BCUT2D eigenvalue weighted by molar-refractivity contribution is 5.85. The molecule has 1 aliphatic carbocycles. The molecule has 8 nitrogen and oxygen atoms in total. The van der Waals surface area contributed by atoms with Crippen molar-refractivity contribution in [1.82, 2.24) is 25.1 Å². The van der Waals surface area contributed by atoms with Crippen LogP contribution < -0.4 is 4.74 Å². The van der Waals surface area contributed by atoms with Crippen LogP contribution in [0.15, 0.2) is 18.3 Å². The Bertz CT molecular complexity index is 985. The van der Waals surface area contributed by atoms with Crippen LogP contribution in [0.2, 0.25) is 0 Å². The van der Waals surface area contributed by atoms with Crippen LogP contribution >= 0.6 is 0 Å². The fourth-order valence-electron chi connectivity index (χ4n) is 4.74. The van der Waals surface area contributed by atoms with Gasteiger partial charge in [-0.2, -0.15) is 18.3 Å². The third-order valence-corrected chi connectivity index (χ3v) is 6.82. The first-order chi connectivity index (χ1) is 15.0. The van der Waals surface area contributed by atoms with E-state index >= 15 is 0 Å². The Labute approximate surface area is 183 Å². The minimum absolute atomic E-state index is 0.0598. The van der Waals surface area contributed by atoms with E-state index in [1.165, 1.54) is 7.11 Å². The van der Waals surface area contributed by atoms with Gasteiger partial charge in [-0.25, -0.2) is 9.97 Å². The predicted molar refractivity (Wildman–Crippen MR) is 108 cm³/mol. The molecule has 11 heteroatoms. The number of piperidine rings is 1. The Kier molecular flexibility index (Phi) is 5.43. The molecule has 1 amide bonds. The van der Waals surface area contributed by atoms with Gasteiger partial charge in [0.25, 0.3) is 5.91 Å². The fourth-order valence-corrected chi connectivity index (χ4v) is 4.74. The summed E-state index contributed by atoms with van der Waals surface area (Å²) < 4.78 is 44.3. The van der Waals surface area contributed by atoms with E-state index in [0.717, 1.165) is 29.1 Å². The molecule has 0 spiro atoms. The first-order valence-corrected chi connectivity index (χ1v) is 10.5. The summed E-state index contributed by atoms with van der Waals surface area (Å²) in [5.74, 6) is 0.537. The molecule has 3 atom stereocenters. The maximum atomic E-state index is 13.1. The van der Waals surface area contributed by atoms with Crippen molar-refractivity contribution in [1.29, 1.82) is 0 Å². The number of nitrogens with one attached hydrogen (secondary N) is 1. The van der Waals surface area contributed by atoms with Crippen molar-refractivity contribution in [2.24, 2.45) is 11.8 Å². The Balaban J connectivity index is 1.48.